The quantitative estimate of drug-likeness (QED) is 0.769. The van der Waals surface area contributed by atoms with Gasteiger partial charge in [0.1, 0.15) is 0 Å². The minimum atomic E-state index is -0.364. The van der Waals surface area contributed by atoms with E-state index in [0.717, 1.165) is 5.56 Å². The van der Waals surface area contributed by atoms with Gasteiger partial charge >= 0.3 is 0 Å². The van der Waals surface area contributed by atoms with Crippen molar-refractivity contribution in [3.63, 3.8) is 0 Å². The Balaban J connectivity index is 2.13. The van der Waals surface area contributed by atoms with E-state index in [1.54, 1.807) is 4.90 Å². The van der Waals surface area contributed by atoms with E-state index < -0.39 is 0 Å². The first-order chi connectivity index (χ1) is 8.72. The van der Waals surface area contributed by atoms with Gasteiger partial charge in [-0.2, -0.15) is 0 Å². The van der Waals surface area contributed by atoms with Gasteiger partial charge in [-0.3, -0.25) is 9.59 Å². The number of hydrogen-bond donors (Lipinski definition) is 2. The van der Waals surface area contributed by atoms with Crippen LogP contribution in [0.4, 0.5) is 0 Å². The Morgan fingerprint density at radius 2 is 2.11 bits per heavy atom. The summed E-state index contributed by atoms with van der Waals surface area (Å²) in [4.78, 5) is 25.2. The van der Waals surface area contributed by atoms with Crippen molar-refractivity contribution in [1.82, 2.24) is 10.2 Å². The molecule has 1 fully saturated rings. The third-order valence-electron chi connectivity index (χ3n) is 3.09. The fourth-order valence-electron chi connectivity index (χ4n) is 2.11. The third-order valence-corrected chi connectivity index (χ3v) is 3.09. The van der Waals surface area contributed by atoms with Gasteiger partial charge in [0.25, 0.3) is 0 Å². The van der Waals surface area contributed by atoms with Crippen LogP contribution < -0.4 is 11.1 Å². The van der Waals surface area contributed by atoms with E-state index >= 15 is 0 Å². The predicted molar refractivity (Wildman–Crippen MR) is 67.8 cm³/mol. The number of carbonyl (C=O) groups excluding carboxylic acids is 2. The van der Waals surface area contributed by atoms with Crippen LogP contribution in [-0.2, 0) is 9.59 Å². The molecule has 1 aliphatic heterocycles. The number of benzene rings is 1. The van der Waals surface area contributed by atoms with E-state index in [2.05, 4.69) is 5.32 Å². The molecule has 1 unspecified atom stereocenters. The molecule has 1 saturated heterocycles. The standard InChI is InChI=1S/C13H17N3O2/c14-8-11(10-4-2-1-3-5-10)13(18)16-7-6-15-12(17)9-16/h1-5,11H,6-9,14H2,(H,15,17). The molecule has 1 aromatic rings. The first kappa shape index (κ1) is 12.6. The molecule has 1 heterocycles. The number of amides is 2. The Morgan fingerprint density at radius 1 is 1.39 bits per heavy atom. The summed E-state index contributed by atoms with van der Waals surface area (Å²) >= 11 is 0. The molecule has 96 valence electrons. The van der Waals surface area contributed by atoms with Crippen LogP contribution in [0.1, 0.15) is 11.5 Å². The van der Waals surface area contributed by atoms with Crippen molar-refractivity contribution in [2.75, 3.05) is 26.2 Å². The van der Waals surface area contributed by atoms with Crippen LogP contribution >= 0.6 is 0 Å². The Kier molecular flexibility index (Phi) is 3.94. The highest BCUT2D eigenvalue weighted by atomic mass is 16.2. The summed E-state index contributed by atoms with van der Waals surface area (Å²) in [6.07, 6.45) is 0. The monoisotopic (exact) mass is 247 g/mol. The minimum Gasteiger partial charge on any atom is -0.353 e. The lowest BCUT2D eigenvalue weighted by Gasteiger charge is -2.30. The molecule has 2 amide bonds. The second-order valence-corrected chi connectivity index (χ2v) is 4.31. The second-order valence-electron chi connectivity index (χ2n) is 4.31. The summed E-state index contributed by atoms with van der Waals surface area (Å²) < 4.78 is 0. The SMILES string of the molecule is NCC(C(=O)N1CCNC(=O)C1)c1ccccc1. The maximum absolute atomic E-state index is 12.3. The molecule has 18 heavy (non-hydrogen) atoms. The Morgan fingerprint density at radius 3 is 2.72 bits per heavy atom. The van der Waals surface area contributed by atoms with Crippen molar-refractivity contribution in [2.24, 2.45) is 5.73 Å². The van der Waals surface area contributed by atoms with Gasteiger partial charge in [0.15, 0.2) is 0 Å². The minimum absolute atomic E-state index is 0.0708. The summed E-state index contributed by atoms with van der Waals surface area (Å²) in [5.74, 6) is -0.547. The average molecular weight is 247 g/mol. The zero-order valence-corrected chi connectivity index (χ0v) is 10.1. The van der Waals surface area contributed by atoms with E-state index in [0.29, 0.717) is 13.1 Å². The first-order valence-corrected chi connectivity index (χ1v) is 6.03. The summed E-state index contributed by atoms with van der Waals surface area (Å²) in [7, 11) is 0. The maximum Gasteiger partial charge on any atom is 0.239 e. The third kappa shape index (κ3) is 2.68. The van der Waals surface area contributed by atoms with E-state index in [-0.39, 0.29) is 30.8 Å². The van der Waals surface area contributed by atoms with Gasteiger partial charge in [-0.15, -0.1) is 0 Å². The molecule has 0 radical (unpaired) electrons. The number of nitrogens with two attached hydrogens (primary N) is 1. The summed E-state index contributed by atoms with van der Waals surface area (Å²) in [5.41, 5.74) is 6.60. The number of nitrogens with zero attached hydrogens (tertiary/aromatic N) is 1. The largest absolute Gasteiger partial charge is 0.353 e. The van der Waals surface area contributed by atoms with E-state index in [4.69, 9.17) is 5.73 Å². The fourth-order valence-corrected chi connectivity index (χ4v) is 2.11. The predicted octanol–water partition coefficient (Wildman–Crippen LogP) is -0.313. The van der Waals surface area contributed by atoms with Crippen LogP contribution in [0.2, 0.25) is 0 Å². The van der Waals surface area contributed by atoms with Crippen molar-refractivity contribution in [1.29, 1.82) is 0 Å². The highest BCUT2D eigenvalue weighted by Gasteiger charge is 2.27. The Bertz CT molecular complexity index is 433. The molecular formula is C13H17N3O2. The van der Waals surface area contributed by atoms with Crippen LogP contribution in [0, 0.1) is 0 Å². The normalized spacial score (nSPS) is 17.2. The molecular weight excluding hydrogens is 230 g/mol. The van der Waals surface area contributed by atoms with Crippen molar-refractivity contribution in [3.8, 4) is 0 Å². The summed E-state index contributed by atoms with van der Waals surface area (Å²) in [6.45, 7) is 1.44. The van der Waals surface area contributed by atoms with Crippen molar-refractivity contribution < 1.29 is 9.59 Å². The number of hydrogen-bond acceptors (Lipinski definition) is 3. The van der Waals surface area contributed by atoms with Crippen LogP contribution in [0.5, 0.6) is 0 Å². The Labute approximate surface area is 106 Å². The van der Waals surface area contributed by atoms with Gasteiger partial charge < -0.3 is 16.0 Å². The molecule has 0 spiro atoms. The van der Waals surface area contributed by atoms with E-state index in [1.807, 2.05) is 30.3 Å². The molecule has 5 nitrogen and oxygen atoms in total. The molecule has 1 atom stereocenters. The highest BCUT2D eigenvalue weighted by Crippen LogP contribution is 2.17. The van der Waals surface area contributed by atoms with E-state index in [9.17, 15) is 9.59 Å². The van der Waals surface area contributed by atoms with Gasteiger partial charge in [-0.1, -0.05) is 30.3 Å². The van der Waals surface area contributed by atoms with Crippen LogP contribution in [0.15, 0.2) is 30.3 Å². The van der Waals surface area contributed by atoms with Crippen molar-refractivity contribution in [3.05, 3.63) is 35.9 Å². The van der Waals surface area contributed by atoms with Gasteiger partial charge in [-0.25, -0.2) is 0 Å². The smallest absolute Gasteiger partial charge is 0.239 e. The summed E-state index contributed by atoms with van der Waals surface area (Å²) in [5, 5.41) is 2.70. The fraction of sp³-hybridized carbons (Fsp3) is 0.385. The number of nitrogens with one attached hydrogen (secondary N) is 1. The molecule has 1 aromatic carbocycles. The molecule has 0 aliphatic carbocycles. The molecule has 1 aliphatic rings. The maximum atomic E-state index is 12.3. The summed E-state index contributed by atoms with van der Waals surface area (Å²) in [6, 6.07) is 9.44. The van der Waals surface area contributed by atoms with Gasteiger partial charge in [0.2, 0.25) is 11.8 Å². The second kappa shape index (κ2) is 5.64. The lowest BCUT2D eigenvalue weighted by Crippen LogP contribution is -2.51. The number of carbonyl (C=O) groups is 2. The molecule has 2 rings (SSSR count). The van der Waals surface area contributed by atoms with Gasteiger partial charge in [0, 0.05) is 19.6 Å². The molecule has 3 N–H and O–H groups in total. The zero-order chi connectivity index (χ0) is 13.0. The highest BCUT2D eigenvalue weighted by molar-refractivity contribution is 5.89. The lowest BCUT2D eigenvalue weighted by molar-refractivity contribution is -0.139. The van der Waals surface area contributed by atoms with Gasteiger partial charge in [-0.05, 0) is 5.56 Å². The number of rotatable bonds is 3. The average Bonchev–Trinajstić information content (AvgIpc) is 2.41. The van der Waals surface area contributed by atoms with Crippen molar-refractivity contribution >= 4 is 11.8 Å². The molecule has 0 aromatic heterocycles. The number of piperazine rings is 1. The Hall–Kier alpha value is -1.88. The van der Waals surface area contributed by atoms with Crippen LogP contribution in [0.3, 0.4) is 0 Å². The van der Waals surface area contributed by atoms with Crippen molar-refractivity contribution in [2.45, 2.75) is 5.92 Å². The van der Waals surface area contributed by atoms with Gasteiger partial charge in [0.05, 0.1) is 12.5 Å². The van der Waals surface area contributed by atoms with Crippen LogP contribution in [0.25, 0.3) is 0 Å². The van der Waals surface area contributed by atoms with E-state index in [1.165, 1.54) is 0 Å². The molecule has 0 saturated carbocycles. The first-order valence-electron chi connectivity index (χ1n) is 6.03. The zero-order valence-electron chi connectivity index (χ0n) is 10.1. The molecule has 0 bridgehead atoms. The topological polar surface area (TPSA) is 75.4 Å². The molecule has 5 heteroatoms. The lowest BCUT2D eigenvalue weighted by atomic mass is 9.97. The van der Waals surface area contributed by atoms with Crippen LogP contribution in [-0.4, -0.2) is 42.9 Å².